The molecular weight excluding hydrogens is 380 g/mol. The second-order valence-corrected chi connectivity index (χ2v) is 8.80. The van der Waals surface area contributed by atoms with Crippen LogP contribution in [0.4, 0.5) is 0 Å². The molecule has 2 aliphatic heterocycles. The molecule has 2 saturated heterocycles. The van der Waals surface area contributed by atoms with Crippen LogP contribution in [0.25, 0.3) is 0 Å². The van der Waals surface area contributed by atoms with Crippen LogP contribution < -0.4 is 9.47 Å². The SMILES string of the molecule is COc1cc(Cl)cc(CN2CCC3(CC2)CC(O)CN(C)C3=O)c1OC(C)C. The van der Waals surface area contributed by atoms with Crippen molar-refractivity contribution in [3.05, 3.63) is 22.7 Å². The van der Waals surface area contributed by atoms with Crippen LogP contribution in [-0.2, 0) is 11.3 Å². The van der Waals surface area contributed by atoms with Gasteiger partial charge in [0.25, 0.3) is 0 Å². The van der Waals surface area contributed by atoms with Gasteiger partial charge in [-0.15, -0.1) is 0 Å². The summed E-state index contributed by atoms with van der Waals surface area (Å²) in [5, 5.41) is 10.8. The van der Waals surface area contributed by atoms with Crippen molar-refractivity contribution in [2.45, 2.75) is 51.9 Å². The Balaban J connectivity index is 1.74. The topological polar surface area (TPSA) is 62.2 Å². The summed E-state index contributed by atoms with van der Waals surface area (Å²) in [5.41, 5.74) is 0.563. The number of rotatable bonds is 5. The second-order valence-electron chi connectivity index (χ2n) is 8.36. The molecule has 1 aromatic carbocycles. The Morgan fingerprint density at radius 1 is 1.32 bits per heavy atom. The highest BCUT2D eigenvalue weighted by atomic mass is 35.5. The number of likely N-dealkylation sites (N-methyl/N-ethyl adjacent to an activating group) is 1. The van der Waals surface area contributed by atoms with Gasteiger partial charge < -0.3 is 19.5 Å². The number of carbonyl (C=O) groups excluding carboxylic acids is 1. The predicted octanol–water partition coefficient (Wildman–Crippen LogP) is 2.94. The average Bonchev–Trinajstić information content (AvgIpc) is 2.63. The number of piperidine rings is 2. The Morgan fingerprint density at radius 2 is 2.00 bits per heavy atom. The van der Waals surface area contributed by atoms with Crippen molar-refractivity contribution in [1.29, 1.82) is 0 Å². The molecule has 0 saturated carbocycles. The van der Waals surface area contributed by atoms with Crippen molar-refractivity contribution >= 4 is 17.5 Å². The molecule has 1 unspecified atom stereocenters. The number of aliphatic hydroxyl groups is 1. The maximum atomic E-state index is 12.8. The van der Waals surface area contributed by atoms with E-state index in [1.807, 2.05) is 19.9 Å². The highest BCUT2D eigenvalue weighted by molar-refractivity contribution is 6.30. The minimum Gasteiger partial charge on any atom is -0.493 e. The van der Waals surface area contributed by atoms with Crippen molar-refractivity contribution in [3.63, 3.8) is 0 Å². The molecule has 0 bridgehead atoms. The standard InChI is InChI=1S/C21H31ClN2O4/c1-14(2)28-19-15(9-16(22)10-18(19)27-4)12-24-7-5-21(6-8-24)11-17(25)13-23(3)20(21)26/h9-10,14,17,25H,5-8,11-13H2,1-4H3. The Bertz CT molecular complexity index is 717. The van der Waals surface area contributed by atoms with Gasteiger partial charge in [-0.25, -0.2) is 0 Å². The molecule has 1 spiro atoms. The summed E-state index contributed by atoms with van der Waals surface area (Å²) in [6.07, 6.45) is 1.67. The minimum atomic E-state index is -0.433. The van der Waals surface area contributed by atoms with Gasteiger partial charge in [0, 0.05) is 36.8 Å². The summed E-state index contributed by atoms with van der Waals surface area (Å²) >= 11 is 6.29. The van der Waals surface area contributed by atoms with E-state index in [0.29, 0.717) is 30.3 Å². The number of likely N-dealkylation sites (tertiary alicyclic amines) is 2. The zero-order chi connectivity index (χ0) is 20.5. The maximum Gasteiger partial charge on any atom is 0.228 e. The van der Waals surface area contributed by atoms with Crippen molar-refractivity contribution in [2.24, 2.45) is 5.41 Å². The quantitative estimate of drug-likeness (QED) is 0.808. The largest absolute Gasteiger partial charge is 0.493 e. The number of carbonyl (C=O) groups is 1. The van der Waals surface area contributed by atoms with E-state index in [0.717, 1.165) is 37.2 Å². The predicted molar refractivity (Wildman–Crippen MR) is 109 cm³/mol. The summed E-state index contributed by atoms with van der Waals surface area (Å²) < 4.78 is 11.5. The molecule has 3 rings (SSSR count). The molecule has 1 amide bonds. The van der Waals surface area contributed by atoms with Crippen LogP contribution >= 0.6 is 11.6 Å². The molecule has 0 radical (unpaired) electrons. The molecule has 28 heavy (non-hydrogen) atoms. The summed E-state index contributed by atoms with van der Waals surface area (Å²) in [6.45, 7) is 6.67. The van der Waals surface area contributed by atoms with E-state index in [9.17, 15) is 9.90 Å². The van der Waals surface area contributed by atoms with Crippen LogP contribution in [0.3, 0.4) is 0 Å². The lowest BCUT2D eigenvalue weighted by Crippen LogP contribution is -2.56. The van der Waals surface area contributed by atoms with Crippen molar-refractivity contribution in [3.8, 4) is 11.5 Å². The van der Waals surface area contributed by atoms with Gasteiger partial charge in [-0.3, -0.25) is 9.69 Å². The lowest BCUT2D eigenvalue weighted by molar-refractivity contribution is -0.154. The monoisotopic (exact) mass is 410 g/mol. The van der Waals surface area contributed by atoms with Crippen LogP contribution in [0.1, 0.15) is 38.7 Å². The fourth-order valence-electron chi connectivity index (χ4n) is 4.47. The number of hydrogen-bond acceptors (Lipinski definition) is 5. The van der Waals surface area contributed by atoms with Gasteiger partial charge in [-0.05, 0) is 52.3 Å². The average molecular weight is 411 g/mol. The molecule has 156 valence electrons. The highest BCUT2D eigenvalue weighted by Gasteiger charge is 2.47. The molecule has 2 heterocycles. The van der Waals surface area contributed by atoms with Gasteiger partial charge in [0.15, 0.2) is 11.5 Å². The molecule has 1 atom stereocenters. The normalized spacial score (nSPS) is 22.8. The van der Waals surface area contributed by atoms with Crippen molar-refractivity contribution in [2.75, 3.05) is 33.8 Å². The van der Waals surface area contributed by atoms with Gasteiger partial charge >= 0.3 is 0 Å². The zero-order valence-electron chi connectivity index (χ0n) is 17.2. The summed E-state index contributed by atoms with van der Waals surface area (Å²) in [6, 6.07) is 3.70. The summed E-state index contributed by atoms with van der Waals surface area (Å²) in [5.74, 6) is 1.54. The van der Waals surface area contributed by atoms with Gasteiger partial charge in [0.2, 0.25) is 5.91 Å². The number of methoxy groups -OCH3 is 1. The number of halogens is 1. The molecule has 2 aliphatic rings. The number of aliphatic hydroxyl groups excluding tert-OH is 1. The van der Waals surface area contributed by atoms with E-state index in [1.54, 1.807) is 25.1 Å². The van der Waals surface area contributed by atoms with Crippen molar-refractivity contribution in [1.82, 2.24) is 9.80 Å². The van der Waals surface area contributed by atoms with Gasteiger partial charge in [0.05, 0.1) is 24.7 Å². The molecule has 0 aromatic heterocycles. The first-order chi connectivity index (χ1) is 13.2. The van der Waals surface area contributed by atoms with Crippen LogP contribution in [0.15, 0.2) is 12.1 Å². The first kappa shape index (κ1) is 21.2. The first-order valence-corrected chi connectivity index (χ1v) is 10.3. The fraction of sp³-hybridized carbons (Fsp3) is 0.667. The van der Waals surface area contributed by atoms with E-state index in [2.05, 4.69) is 4.90 Å². The van der Waals surface area contributed by atoms with E-state index in [1.165, 1.54) is 0 Å². The molecule has 7 heteroatoms. The molecule has 6 nitrogen and oxygen atoms in total. The Kier molecular flexibility index (Phi) is 6.42. The van der Waals surface area contributed by atoms with E-state index < -0.39 is 11.5 Å². The fourth-order valence-corrected chi connectivity index (χ4v) is 4.70. The number of benzene rings is 1. The minimum absolute atomic E-state index is 0.0235. The third-order valence-electron chi connectivity index (χ3n) is 5.79. The number of hydrogen-bond donors (Lipinski definition) is 1. The highest BCUT2D eigenvalue weighted by Crippen LogP contribution is 2.42. The molecule has 1 N–H and O–H groups in total. The summed E-state index contributed by atoms with van der Waals surface area (Å²) in [4.78, 5) is 16.8. The maximum absolute atomic E-state index is 12.8. The third kappa shape index (κ3) is 4.39. The Morgan fingerprint density at radius 3 is 2.61 bits per heavy atom. The first-order valence-electron chi connectivity index (χ1n) is 9.93. The molecular formula is C21H31ClN2O4. The van der Waals surface area contributed by atoms with E-state index in [-0.39, 0.29) is 12.0 Å². The zero-order valence-corrected chi connectivity index (χ0v) is 18.0. The molecule has 1 aromatic rings. The number of amides is 1. The van der Waals surface area contributed by atoms with Crippen LogP contribution in [0, 0.1) is 5.41 Å². The lowest BCUT2D eigenvalue weighted by Gasteiger charge is -2.47. The van der Waals surface area contributed by atoms with Gasteiger partial charge in [0.1, 0.15) is 0 Å². The van der Waals surface area contributed by atoms with E-state index >= 15 is 0 Å². The number of ether oxygens (including phenoxy) is 2. The van der Waals surface area contributed by atoms with Crippen LogP contribution in [-0.4, -0.2) is 66.8 Å². The number of β-amino-alcohol motifs (C(OH)–C–C–N with tert-alkyl or cyclic N) is 1. The third-order valence-corrected chi connectivity index (χ3v) is 6.01. The summed E-state index contributed by atoms with van der Waals surface area (Å²) in [7, 11) is 3.40. The van der Waals surface area contributed by atoms with Crippen molar-refractivity contribution < 1.29 is 19.4 Å². The lowest BCUT2D eigenvalue weighted by atomic mass is 9.71. The molecule has 2 fully saturated rings. The van der Waals surface area contributed by atoms with Gasteiger partial charge in [-0.1, -0.05) is 11.6 Å². The smallest absolute Gasteiger partial charge is 0.228 e. The molecule has 0 aliphatic carbocycles. The Labute approximate surface area is 172 Å². The van der Waals surface area contributed by atoms with Gasteiger partial charge in [-0.2, -0.15) is 0 Å². The number of nitrogens with zero attached hydrogens (tertiary/aromatic N) is 2. The van der Waals surface area contributed by atoms with Crippen LogP contribution in [0.2, 0.25) is 5.02 Å². The van der Waals surface area contributed by atoms with Crippen LogP contribution in [0.5, 0.6) is 11.5 Å². The Hall–Kier alpha value is -1.50. The van der Waals surface area contributed by atoms with E-state index in [4.69, 9.17) is 21.1 Å². The second kappa shape index (κ2) is 8.47.